The Hall–Kier alpha value is -1.35. The van der Waals surface area contributed by atoms with Gasteiger partial charge in [-0.1, -0.05) is 43.5 Å². The van der Waals surface area contributed by atoms with Gasteiger partial charge in [0.25, 0.3) is 0 Å². The highest BCUT2D eigenvalue weighted by molar-refractivity contribution is 5.78. The van der Waals surface area contributed by atoms with Gasteiger partial charge >= 0.3 is 0 Å². The number of amides is 1. The lowest BCUT2D eigenvalue weighted by Gasteiger charge is -2.41. The highest BCUT2D eigenvalue weighted by atomic mass is 16.2. The van der Waals surface area contributed by atoms with E-state index in [0.717, 1.165) is 24.9 Å². The van der Waals surface area contributed by atoms with E-state index < -0.39 is 0 Å². The van der Waals surface area contributed by atoms with Crippen LogP contribution >= 0.6 is 0 Å². The minimum Gasteiger partial charge on any atom is -0.351 e. The number of fused-ring (bicyclic) bond motifs is 1. The van der Waals surface area contributed by atoms with E-state index >= 15 is 0 Å². The molecule has 0 aromatic heterocycles. The zero-order valence-corrected chi connectivity index (χ0v) is 13.7. The first kappa shape index (κ1) is 15.5. The summed E-state index contributed by atoms with van der Waals surface area (Å²) < 4.78 is 0. The predicted octanol–water partition coefficient (Wildman–Crippen LogP) is 3.12. The third-order valence-corrected chi connectivity index (χ3v) is 5.48. The van der Waals surface area contributed by atoms with Gasteiger partial charge in [0.2, 0.25) is 5.91 Å². The maximum atomic E-state index is 12.2. The summed E-state index contributed by atoms with van der Waals surface area (Å²) in [5.74, 6) is 1.93. The lowest BCUT2D eigenvalue weighted by molar-refractivity contribution is -0.123. The maximum Gasteiger partial charge on any atom is 0.234 e. The molecule has 1 saturated carbocycles. The highest BCUT2D eigenvalue weighted by Gasteiger charge is 2.31. The molecule has 0 radical (unpaired) electrons. The average molecular weight is 300 g/mol. The fourth-order valence-electron chi connectivity index (χ4n) is 4.08. The predicted molar refractivity (Wildman–Crippen MR) is 89.5 cm³/mol. The van der Waals surface area contributed by atoms with E-state index in [2.05, 4.69) is 29.3 Å². The summed E-state index contributed by atoms with van der Waals surface area (Å²) >= 11 is 0. The summed E-state index contributed by atoms with van der Waals surface area (Å²) in [6.07, 6.45) is 6.87. The Morgan fingerprint density at radius 1 is 1.18 bits per heavy atom. The first-order valence-corrected chi connectivity index (χ1v) is 8.76. The van der Waals surface area contributed by atoms with Crippen molar-refractivity contribution in [2.75, 3.05) is 19.6 Å². The molecule has 2 aliphatic rings. The topological polar surface area (TPSA) is 32.3 Å². The molecule has 0 unspecified atom stereocenters. The number of nitrogens with zero attached hydrogens (tertiary/aromatic N) is 1. The zero-order chi connectivity index (χ0) is 15.4. The second-order valence-corrected chi connectivity index (χ2v) is 7.03. The van der Waals surface area contributed by atoms with Crippen LogP contribution in [0, 0.1) is 18.8 Å². The van der Waals surface area contributed by atoms with Crippen molar-refractivity contribution < 1.29 is 4.79 Å². The second-order valence-electron chi connectivity index (χ2n) is 7.03. The smallest absolute Gasteiger partial charge is 0.234 e. The van der Waals surface area contributed by atoms with Crippen molar-refractivity contribution in [3.63, 3.8) is 0 Å². The molecule has 3 rings (SSSR count). The van der Waals surface area contributed by atoms with Crippen molar-refractivity contribution in [2.45, 2.75) is 45.6 Å². The normalized spacial score (nSPS) is 25.5. The summed E-state index contributed by atoms with van der Waals surface area (Å²) in [6.45, 7) is 5.53. The van der Waals surface area contributed by atoms with Crippen LogP contribution in [0.3, 0.4) is 0 Å². The quantitative estimate of drug-likeness (QED) is 0.926. The van der Waals surface area contributed by atoms with E-state index in [1.165, 1.54) is 43.2 Å². The highest BCUT2D eigenvalue weighted by Crippen LogP contribution is 2.35. The average Bonchev–Trinajstić information content (AvgIpc) is 2.54. The van der Waals surface area contributed by atoms with Crippen molar-refractivity contribution in [3.8, 4) is 0 Å². The molecule has 0 bridgehead atoms. The molecule has 1 amide bonds. The Bertz CT molecular complexity index is 514. The molecule has 1 saturated heterocycles. The lowest BCUT2D eigenvalue weighted by atomic mass is 9.75. The van der Waals surface area contributed by atoms with Crippen LogP contribution in [0.15, 0.2) is 24.3 Å². The number of piperidine rings is 1. The number of aryl methyl sites for hydroxylation is 1. The van der Waals surface area contributed by atoms with Gasteiger partial charge in [-0.3, -0.25) is 9.69 Å². The fourth-order valence-corrected chi connectivity index (χ4v) is 4.08. The molecule has 1 aliphatic heterocycles. The molecule has 0 spiro atoms. The monoisotopic (exact) mass is 300 g/mol. The number of likely N-dealkylation sites (tertiary alicyclic amines) is 1. The summed E-state index contributed by atoms with van der Waals surface area (Å²) in [4.78, 5) is 14.6. The van der Waals surface area contributed by atoms with Crippen molar-refractivity contribution in [2.24, 2.45) is 11.8 Å². The number of nitrogens with one attached hydrogen (secondary N) is 1. The van der Waals surface area contributed by atoms with Gasteiger partial charge in [0.05, 0.1) is 6.54 Å². The molecule has 1 N–H and O–H groups in total. The number of rotatable bonds is 4. The summed E-state index contributed by atoms with van der Waals surface area (Å²) in [5.41, 5.74) is 2.45. The Kier molecular flexibility index (Phi) is 5.14. The third-order valence-electron chi connectivity index (χ3n) is 5.48. The van der Waals surface area contributed by atoms with Crippen molar-refractivity contribution in [1.82, 2.24) is 10.2 Å². The lowest BCUT2D eigenvalue weighted by Crippen LogP contribution is -2.46. The van der Waals surface area contributed by atoms with Gasteiger partial charge in [-0.25, -0.2) is 0 Å². The standard InChI is InChI=1S/C19H28N2O/c1-15-6-2-3-8-17(15)12-20-19(22)14-21-11-10-16-7-4-5-9-18(16)13-21/h2-3,6,8,16,18H,4-5,7,9-14H2,1H3,(H,20,22)/t16-,18-/m1/s1. The Morgan fingerprint density at radius 2 is 1.95 bits per heavy atom. The van der Waals surface area contributed by atoms with Crippen LogP contribution in [0.1, 0.15) is 43.2 Å². The van der Waals surface area contributed by atoms with Crippen molar-refractivity contribution >= 4 is 5.91 Å². The van der Waals surface area contributed by atoms with Gasteiger partial charge in [-0.05, 0) is 49.3 Å². The Labute approximate surface area is 134 Å². The van der Waals surface area contributed by atoms with E-state index in [1.807, 2.05) is 12.1 Å². The first-order chi connectivity index (χ1) is 10.7. The van der Waals surface area contributed by atoms with Gasteiger partial charge in [0.1, 0.15) is 0 Å². The minimum atomic E-state index is 0.164. The van der Waals surface area contributed by atoms with E-state index in [1.54, 1.807) is 0 Å². The number of carbonyl (C=O) groups is 1. The summed E-state index contributed by atoms with van der Waals surface area (Å²) in [5, 5.41) is 3.08. The molecule has 2 fully saturated rings. The van der Waals surface area contributed by atoms with E-state index in [-0.39, 0.29) is 5.91 Å². The summed E-state index contributed by atoms with van der Waals surface area (Å²) in [6, 6.07) is 8.25. The van der Waals surface area contributed by atoms with Crippen LogP contribution in [-0.2, 0) is 11.3 Å². The molecule has 3 heteroatoms. The molecule has 1 aromatic carbocycles. The maximum absolute atomic E-state index is 12.2. The van der Waals surface area contributed by atoms with Gasteiger partial charge in [0.15, 0.2) is 0 Å². The van der Waals surface area contributed by atoms with Gasteiger partial charge in [-0.15, -0.1) is 0 Å². The molecule has 1 aliphatic carbocycles. The molecule has 1 heterocycles. The van der Waals surface area contributed by atoms with E-state index in [9.17, 15) is 4.79 Å². The molecule has 120 valence electrons. The molecular weight excluding hydrogens is 272 g/mol. The van der Waals surface area contributed by atoms with E-state index in [0.29, 0.717) is 13.1 Å². The molecule has 22 heavy (non-hydrogen) atoms. The second kappa shape index (κ2) is 7.28. The van der Waals surface area contributed by atoms with E-state index in [4.69, 9.17) is 0 Å². The first-order valence-electron chi connectivity index (χ1n) is 8.76. The number of benzene rings is 1. The fraction of sp³-hybridized carbons (Fsp3) is 0.632. The zero-order valence-electron chi connectivity index (χ0n) is 13.7. The molecule has 3 nitrogen and oxygen atoms in total. The third kappa shape index (κ3) is 3.89. The SMILES string of the molecule is Cc1ccccc1CNC(=O)CN1CC[C@H]2CCCC[C@@H]2C1. The molecule has 1 aromatic rings. The van der Waals surface area contributed by atoms with Gasteiger partial charge in [0, 0.05) is 13.1 Å². The van der Waals surface area contributed by atoms with Crippen LogP contribution in [-0.4, -0.2) is 30.4 Å². The van der Waals surface area contributed by atoms with Crippen LogP contribution in [0.2, 0.25) is 0 Å². The van der Waals surface area contributed by atoms with Crippen molar-refractivity contribution in [1.29, 1.82) is 0 Å². The van der Waals surface area contributed by atoms with Gasteiger partial charge < -0.3 is 5.32 Å². The van der Waals surface area contributed by atoms with Crippen LogP contribution in [0.25, 0.3) is 0 Å². The Morgan fingerprint density at radius 3 is 2.77 bits per heavy atom. The van der Waals surface area contributed by atoms with Crippen LogP contribution in [0.4, 0.5) is 0 Å². The van der Waals surface area contributed by atoms with Crippen LogP contribution < -0.4 is 5.32 Å². The number of carbonyl (C=O) groups excluding carboxylic acids is 1. The molecule has 2 atom stereocenters. The largest absolute Gasteiger partial charge is 0.351 e. The number of hydrogen-bond donors (Lipinski definition) is 1. The minimum absolute atomic E-state index is 0.164. The summed E-state index contributed by atoms with van der Waals surface area (Å²) in [7, 11) is 0. The van der Waals surface area contributed by atoms with Crippen molar-refractivity contribution in [3.05, 3.63) is 35.4 Å². The molecular formula is C19H28N2O. The number of hydrogen-bond acceptors (Lipinski definition) is 2. The Balaban J connectivity index is 1.45. The van der Waals surface area contributed by atoms with Gasteiger partial charge in [-0.2, -0.15) is 0 Å². The van der Waals surface area contributed by atoms with Crippen LogP contribution in [0.5, 0.6) is 0 Å².